The Balaban J connectivity index is 2.05. The molecule has 0 saturated carbocycles. The fraction of sp³-hybridized carbons (Fsp3) is 0.235. The van der Waals surface area contributed by atoms with Gasteiger partial charge in [-0.15, -0.1) is 0 Å². The fourth-order valence-electron chi connectivity index (χ4n) is 1.77. The van der Waals surface area contributed by atoms with Crippen LogP contribution in [0.4, 0.5) is 0 Å². The van der Waals surface area contributed by atoms with E-state index < -0.39 is 0 Å². The van der Waals surface area contributed by atoms with Gasteiger partial charge in [0.2, 0.25) is 0 Å². The quantitative estimate of drug-likeness (QED) is 0.869. The van der Waals surface area contributed by atoms with E-state index in [1.54, 1.807) is 12.4 Å². The van der Waals surface area contributed by atoms with E-state index in [-0.39, 0.29) is 6.61 Å². The number of nitrogens with zero attached hydrogens (tertiary/aromatic N) is 1. The third-order valence-corrected chi connectivity index (χ3v) is 3.00. The number of rotatable bonds is 3. The summed E-state index contributed by atoms with van der Waals surface area (Å²) < 4.78 is 5.71. The number of hydrogen-bond acceptors (Lipinski definition) is 3. The average Bonchev–Trinajstić information content (AvgIpc) is 2.47. The highest BCUT2D eigenvalue weighted by Gasteiger charge is 2.00. The Bertz CT molecular complexity index is 654. The van der Waals surface area contributed by atoms with E-state index in [1.165, 1.54) is 11.1 Å². The summed E-state index contributed by atoms with van der Waals surface area (Å²) >= 11 is 0. The van der Waals surface area contributed by atoms with E-state index in [2.05, 4.69) is 48.9 Å². The van der Waals surface area contributed by atoms with E-state index in [0.29, 0.717) is 12.4 Å². The molecule has 0 atom stereocenters. The normalized spacial score (nSPS) is 9.75. The van der Waals surface area contributed by atoms with Gasteiger partial charge in [-0.1, -0.05) is 30.0 Å². The summed E-state index contributed by atoms with van der Waals surface area (Å²) in [6.45, 7) is 4.52. The van der Waals surface area contributed by atoms with Gasteiger partial charge in [-0.3, -0.25) is 4.98 Å². The molecule has 0 aliphatic carbocycles. The molecule has 1 aromatic carbocycles. The Hall–Kier alpha value is -2.31. The van der Waals surface area contributed by atoms with E-state index in [9.17, 15) is 0 Å². The molecule has 0 fully saturated rings. The molecule has 0 saturated heterocycles. The molecular formula is C17H17NO2. The van der Waals surface area contributed by atoms with Gasteiger partial charge in [0.1, 0.15) is 19.0 Å². The molecule has 2 aromatic rings. The first-order valence-corrected chi connectivity index (χ1v) is 6.43. The highest BCUT2D eigenvalue weighted by molar-refractivity contribution is 5.37. The SMILES string of the molecule is Cc1ccc(COc2cncc(C#CCO)c2)cc1C. The van der Waals surface area contributed by atoms with E-state index >= 15 is 0 Å². The number of hydrogen-bond donors (Lipinski definition) is 1. The molecule has 2 rings (SSSR count). The molecule has 0 amide bonds. The van der Waals surface area contributed by atoms with Crippen LogP contribution in [0, 0.1) is 25.7 Å². The molecule has 3 heteroatoms. The van der Waals surface area contributed by atoms with Gasteiger partial charge in [-0.25, -0.2) is 0 Å². The molecule has 1 heterocycles. The first-order valence-electron chi connectivity index (χ1n) is 6.43. The van der Waals surface area contributed by atoms with E-state index in [0.717, 1.165) is 11.1 Å². The van der Waals surface area contributed by atoms with Gasteiger partial charge in [0.15, 0.2) is 0 Å². The molecule has 102 valence electrons. The van der Waals surface area contributed by atoms with Crippen LogP contribution in [0.25, 0.3) is 0 Å². The number of aliphatic hydroxyl groups is 1. The minimum absolute atomic E-state index is 0.159. The zero-order valence-electron chi connectivity index (χ0n) is 11.7. The Morgan fingerprint density at radius 3 is 2.75 bits per heavy atom. The van der Waals surface area contributed by atoms with Gasteiger partial charge in [-0.05, 0) is 36.6 Å². The minimum atomic E-state index is -0.159. The second-order valence-corrected chi connectivity index (χ2v) is 4.58. The summed E-state index contributed by atoms with van der Waals surface area (Å²) in [6, 6.07) is 8.09. The zero-order chi connectivity index (χ0) is 14.4. The average molecular weight is 267 g/mol. The maximum Gasteiger partial charge on any atom is 0.139 e. The van der Waals surface area contributed by atoms with Crippen molar-refractivity contribution in [3.05, 3.63) is 58.9 Å². The van der Waals surface area contributed by atoms with Crippen LogP contribution < -0.4 is 4.74 Å². The lowest BCUT2D eigenvalue weighted by Gasteiger charge is -2.08. The van der Waals surface area contributed by atoms with E-state index in [4.69, 9.17) is 9.84 Å². The third kappa shape index (κ3) is 3.84. The van der Waals surface area contributed by atoms with Crippen molar-refractivity contribution in [2.24, 2.45) is 0 Å². The molecule has 0 unspecified atom stereocenters. The first kappa shape index (κ1) is 14.1. The van der Waals surface area contributed by atoms with Gasteiger partial charge < -0.3 is 9.84 Å². The fourth-order valence-corrected chi connectivity index (χ4v) is 1.77. The highest BCUT2D eigenvalue weighted by atomic mass is 16.5. The third-order valence-electron chi connectivity index (χ3n) is 3.00. The second kappa shape index (κ2) is 6.74. The van der Waals surface area contributed by atoms with Crippen LogP contribution in [0.3, 0.4) is 0 Å². The molecule has 0 aliphatic rings. The van der Waals surface area contributed by atoms with E-state index in [1.807, 2.05) is 6.07 Å². The van der Waals surface area contributed by atoms with Crippen molar-refractivity contribution < 1.29 is 9.84 Å². The number of benzene rings is 1. The van der Waals surface area contributed by atoms with Crippen LogP contribution in [-0.2, 0) is 6.61 Å². The largest absolute Gasteiger partial charge is 0.487 e. The lowest BCUT2D eigenvalue weighted by Crippen LogP contribution is -1.97. The lowest BCUT2D eigenvalue weighted by atomic mass is 10.1. The predicted octanol–water partition coefficient (Wildman–Crippen LogP) is 2.62. The first-order chi connectivity index (χ1) is 9.69. The molecule has 0 radical (unpaired) electrons. The van der Waals surface area contributed by atoms with Crippen LogP contribution in [0.5, 0.6) is 5.75 Å². The van der Waals surface area contributed by atoms with Crippen molar-refractivity contribution in [2.45, 2.75) is 20.5 Å². The van der Waals surface area contributed by atoms with Gasteiger partial charge in [0, 0.05) is 11.8 Å². The van der Waals surface area contributed by atoms with Gasteiger partial charge in [-0.2, -0.15) is 0 Å². The summed E-state index contributed by atoms with van der Waals surface area (Å²) in [5.74, 6) is 6.07. The second-order valence-electron chi connectivity index (χ2n) is 4.58. The van der Waals surface area contributed by atoms with Crippen LogP contribution in [0.1, 0.15) is 22.3 Å². The molecule has 0 bridgehead atoms. The minimum Gasteiger partial charge on any atom is -0.487 e. The zero-order valence-corrected chi connectivity index (χ0v) is 11.7. The van der Waals surface area contributed by atoms with Crippen molar-refractivity contribution in [2.75, 3.05) is 6.61 Å². The van der Waals surface area contributed by atoms with Crippen LogP contribution in [0.2, 0.25) is 0 Å². The van der Waals surface area contributed by atoms with Crippen molar-refractivity contribution in [3.8, 4) is 17.6 Å². The topological polar surface area (TPSA) is 42.4 Å². The van der Waals surface area contributed by atoms with Crippen molar-refractivity contribution in [1.82, 2.24) is 4.98 Å². The molecule has 20 heavy (non-hydrogen) atoms. The van der Waals surface area contributed by atoms with Gasteiger partial charge in [0.25, 0.3) is 0 Å². The number of ether oxygens (including phenoxy) is 1. The molecule has 3 nitrogen and oxygen atoms in total. The van der Waals surface area contributed by atoms with Crippen LogP contribution >= 0.6 is 0 Å². The summed E-state index contributed by atoms with van der Waals surface area (Å²) in [4.78, 5) is 4.07. The number of aromatic nitrogens is 1. The van der Waals surface area contributed by atoms with Crippen LogP contribution in [0.15, 0.2) is 36.7 Å². The summed E-state index contributed by atoms with van der Waals surface area (Å²) in [5.41, 5.74) is 4.39. The van der Waals surface area contributed by atoms with Gasteiger partial charge in [0.05, 0.1) is 6.20 Å². The number of aryl methyl sites for hydroxylation is 2. The molecular weight excluding hydrogens is 250 g/mol. The molecule has 0 aliphatic heterocycles. The summed E-state index contributed by atoms with van der Waals surface area (Å²) in [6.07, 6.45) is 3.30. The maximum absolute atomic E-state index is 8.67. The van der Waals surface area contributed by atoms with Crippen LogP contribution in [-0.4, -0.2) is 16.7 Å². The Kier molecular flexibility index (Phi) is 4.75. The summed E-state index contributed by atoms with van der Waals surface area (Å²) in [7, 11) is 0. The Morgan fingerprint density at radius 2 is 2.00 bits per heavy atom. The number of aliphatic hydroxyl groups excluding tert-OH is 1. The van der Waals surface area contributed by atoms with Crippen molar-refractivity contribution >= 4 is 0 Å². The number of pyridine rings is 1. The maximum atomic E-state index is 8.67. The predicted molar refractivity (Wildman–Crippen MR) is 78.4 cm³/mol. The Labute approximate surface area is 119 Å². The van der Waals surface area contributed by atoms with Gasteiger partial charge >= 0.3 is 0 Å². The van der Waals surface area contributed by atoms with Crippen molar-refractivity contribution in [3.63, 3.8) is 0 Å². The molecule has 1 N–H and O–H groups in total. The molecule has 1 aromatic heterocycles. The standard InChI is InChI=1S/C17H17NO2/c1-13-5-6-16(8-14(13)2)12-20-17-9-15(4-3-7-19)10-18-11-17/h5-6,8-11,19H,7,12H2,1-2H3. The molecule has 0 spiro atoms. The Morgan fingerprint density at radius 1 is 1.15 bits per heavy atom. The summed E-state index contributed by atoms with van der Waals surface area (Å²) in [5, 5.41) is 8.67. The lowest BCUT2D eigenvalue weighted by molar-refractivity contribution is 0.305. The smallest absolute Gasteiger partial charge is 0.139 e. The van der Waals surface area contributed by atoms with Crippen molar-refractivity contribution in [1.29, 1.82) is 0 Å². The highest BCUT2D eigenvalue weighted by Crippen LogP contribution is 2.15. The monoisotopic (exact) mass is 267 g/mol.